The SMILES string of the molecule is COCCCNCc1csc(COc2ccccc2C)n1. The van der Waals surface area contributed by atoms with Crippen LogP contribution in [0.15, 0.2) is 29.6 Å². The van der Waals surface area contributed by atoms with Crippen LogP contribution in [0.5, 0.6) is 5.75 Å². The lowest BCUT2D eigenvalue weighted by Gasteiger charge is -2.06. The summed E-state index contributed by atoms with van der Waals surface area (Å²) in [5, 5.41) is 6.45. The van der Waals surface area contributed by atoms with Gasteiger partial charge < -0.3 is 14.8 Å². The first kappa shape index (κ1) is 15.9. The van der Waals surface area contributed by atoms with E-state index in [9.17, 15) is 0 Å². The van der Waals surface area contributed by atoms with Crippen molar-refractivity contribution in [1.29, 1.82) is 0 Å². The van der Waals surface area contributed by atoms with Gasteiger partial charge in [0.25, 0.3) is 0 Å². The van der Waals surface area contributed by atoms with E-state index in [2.05, 4.69) is 15.7 Å². The topological polar surface area (TPSA) is 43.4 Å². The number of aromatic nitrogens is 1. The number of nitrogens with one attached hydrogen (secondary N) is 1. The van der Waals surface area contributed by atoms with Gasteiger partial charge in [-0.25, -0.2) is 4.98 Å². The largest absolute Gasteiger partial charge is 0.486 e. The third-order valence-electron chi connectivity index (χ3n) is 3.05. The van der Waals surface area contributed by atoms with E-state index >= 15 is 0 Å². The zero-order chi connectivity index (χ0) is 14.9. The Hall–Kier alpha value is -1.43. The fourth-order valence-electron chi connectivity index (χ4n) is 1.91. The van der Waals surface area contributed by atoms with Crippen molar-refractivity contribution in [2.45, 2.75) is 26.5 Å². The molecule has 0 saturated heterocycles. The van der Waals surface area contributed by atoms with Crippen LogP contribution in [0.1, 0.15) is 22.7 Å². The van der Waals surface area contributed by atoms with Gasteiger partial charge >= 0.3 is 0 Å². The van der Waals surface area contributed by atoms with Gasteiger partial charge in [0.2, 0.25) is 0 Å². The van der Waals surface area contributed by atoms with E-state index in [-0.39, 0.29) is 0 Å². The molecule has 0 fully saturated rings. The highest BCUT2D eigenvalue weighted by Gasteiger charge is 2.04. The van der Waals surface area contributed by atoms with Crippen molar-refractivity contribution in [2.24, 2.45) is 0 Å². The Balaban J connectivity index is 1.74. The first-order valence-corrected chi connectivity index (χ1v) is 7.99. The second kappa shape index (κ2) is 8.77. The third-order valence-corrected chi connectivity index (χ3v) is 3.92. The van der Waals surface area contributed by atoms with Crippen LogP contribution in [-0.2, 0) is 17.9 Å². The molecule has 0 radical (unpaired) electrons. The molecule has 1 N–H and O–H groups in total. The Kier molecular flexibility index (Phi) is 6.66. The van der Waals surface area contributed by atoms with Crippen molar-refractivity contribution in [3.05, 3.63) is 45.9 Å². The molecule has 0 aliphatic carbocycles. The second-order valence-electron chi connectivity index (χ2n) is 4.81. The average Bonchev–Trinajstić information content (AvgIpc) is 2.94. The molecule has 21 heavy (non-hydrogen) atoms. The number of methoxy groups -OCH3 is 1. The molecule has 1 aromatic heterocycles. The Morgan fingerprint density at radius 1 is 1.29 bits per heavy atom. The Morgan fingerprint density at radius 3 is 2.95 bits per heavy atom. The number of hydrogen-bond acceptors (Lipinski definition) is 5. The van der Waals surface area contributed by atoms with Crippen LogP contribution in [0, 0.1) is 6.92 Å². The summed E-state index contributed by atoms with van der Waals surface area (Å²) in [5.74, 6) is 0.923. The summed E-state index contributed by atoms with van der Waals surface area (Å²) >= 11 is 1.64. The van der Waals surface area contributed by atoms with Gasteiger partial charge in [0, 0.05) is 25.6 Å². The Morgan fingerprint density at radius 2 is 2.14 bits per heavy atom. The molecule has 1 heterocycles. The fraction of sp³-hybridized carbons (Fsp3) is 0.438. The van der Waals surface area contributed by atoms with Crippen molar-refractivity contribution >= 4 is 11.3 Å². The minimum Gasteiger partial charge on any atom is -0.486 e. The Bertz CT molecular complexity index is 543. The predicted octanol–water partition coefficient (Wildman–Crippen LogP) is 3.16. The lowest BCUT2D eigenvalue weighted by atomic mass is 10.2. The molecule has 0 aliphatic rings. The van der Waals surface area contributed by atoms with E-state index in [0.717, 1.165) is 48.1 Å². The van der Waals surface area contributed by atoms with Crippen LogP contribution in [-0.4, -0.2) is 25.2 Å². The zero-order valence-corrected chi connectivity index (χ0v) is 13.4. The van der Waals surface area contributed by atoms with Gasteiger partial charge in [0.05, 0.1) is 5.69 Å². The zero-order valence-electron chi connectivity index (χ0n) is 12.6. The minimum atomic E-state index is 0.527. The number of thiazole rings is 1. The smallest absolute Gasteiger partial charge is 0.140 e. The molecule has 1 aromatic carbocycles. The average molecular weight is 306 g/mol. The Labute approximate surface area is 130 Å². The molecular weight excluding hydrogens is 284 g/mol. The van der Waals surface area contributed by atoms with Crippen molar-refractivity contribution in [1.82, 2.24) is 10.3 Å². The number of benzene rings is 1. The summed E-state index contributed by atoms with van der Waals surface area (Å²) < 4.78 is 10.8. The number of hydrogen-bond donors (Lipinski definition) is 1. The summed E-state index contributed by atoms with van der Waals surface area (Å²) in [6.45, 7) is 5.11. The lowest BCUT2D eigenvalue weighted by molar-refractivity contribution is 0.194. The maximum absolute atomic E-state index is 5.80. The van der Waals surface area contributed by atoms with E-state index in [1.807, 2.05) is 31.2 Å². The van der Waals surface area contributed by atoms with Gasteiger partial charge in [-0.2, -0.15) is 0 Å². The first-order valence-electron chi connectivity index (χ1n) is 7.11. The highest BCUT2D eigenvalue weighted by atomic mass is 32.1. The predicted molar refractivity (Wildman–Crippen MR) is 85.8 cm³/mol. The van der Waals surface area contributed by atoms with Gasteiger partial charge in [-0.3, -0.25) is 0 Å². The standard InChI is InChI=1S/C16H22N2O2S/c1-13-6-3-4-7-15(13)20-11-16-18-14(12-21-16)10-17-8-5-9-19-2/h3-4,6-7,12,17H,5,8-11H2,1-2H3. The molecule has 0 amide bonds. The molecular formula is C16H22N2O2S. The lowest BCUT2D eigenvalue weighted by Crippen LogP contribution is -2.16. The highest BCUT2D eigenvalue weighted by Crippen LogP contribution is 2.19. The molecule has 2 rings (SSSR count). The number of ether oxygens (including phenoxy) is 2. The van der Waals surface area contributed by atoms with Crippen molar-refractivity contribution in [3.8, 4) is 5.75 Å². The summed E-state index contributed by atoms with van der Waals surface area (Å²) in [7, 11) is 1.72. The van der Waals surface area contributed by atoms with E-state index in [0.29, 0.717) is 6.61 Å². The van der Waals surface area contributed by atoms with E-state index in [4.69, 9.17) is 9.47 Å². The van der Waals surface area contributed by atoms with Crippen LogP contribution >= 0.6 is 11.3 Å². The molecule has 2 aromatic rings. The molecule has 0 bridgehead atoms. The maximum Gasteiger partial charge on any atom is 0.140 e. The van der Waals surface area contributed by atoms with Gasteiger partial charge in [-0.1, -0.05) is 18.2 Å². The quantitative estimate of drug-likeness (QED) is 0.723. The van der Waals surface area contributed by atoms with Crippen molar-refractivity contribution < 1.29 is 9.47 Å². The number of aryl methyl sites for hydroxylation is 1. The molecule has 5 heteroatoms. The molecule has 0 spiro atoms. The molecule has 0 saturated carbocycles. The van der Waals surface area contributed by atoms with Crippen LogP contribution < -0.4 is 10.1 Å². The number of rotatable bonds is 9. The normalized spacial score (nSPS) is 10.8. The van der Waals surface area contributed by atoms with Crippen LogP contribution in [0.3, 0.4) is 0 Å². The summed E-state index contributed by atoms with van der Waals surface area (Å²) in [5.41, 5.74) is 2.22. The minimum absolute atomic E-state index is 0.527. The van der Waals surface area contributed by atoms with Crippen molar-refractivity contribution in [3.63, 3.8) is 0 Å². The van der Waals surface area contributed by atoms with E-state index in [1.165, 1.54) is 0 Å². The molecule has 4 nitrogen and oxygen atoms in total. The molecule has 114 valence electrons. The molecule has 0 atom stereocenters. The van der Waals surface area contributed by atoms with Gasteiger partial charge in [0.15, 0.2) is 0 Å². The van der Waals surface area contributed by atoms with Crippen LogP contribution in [0.25, 0.3) is 0 Å². The second-order valence-corrected chi connectivity index (χ2v) is 5.75. The molecule has 0 unspecified atom stereocenters. The van der Waals surface area contributed by atoms with Crippen LogP contribution in [0.4, 0.5) is 0 Å². The molecule has 0 aliphatic heterocycles. The summed E-state index contributed by atoms with van der Waals surface area (Å²) in [6.07, 6.45) is 1.02. The monoisotopic (exact) mass is 306 g/mol. The van der Waals surface area contributed by atoms with Crippen molar-refractivity contribution in [2.75, 3.05) is 20.3 Å². The maximum atomic E-state index is 5.80. The number of para-hydroxylation sites is 1. The van der Waals surface area contributed by atoms with Crippen LogP contribution in [0.2, 0.25) is 0 Å². The summed E-state index contributed by atoms with van der Waals surface area (Å²) in [6, 6.07) is 8.03. The fourth-order valence-corrected chi connectivity index (χ4v) is 2.62. The summed E-state index contributed by atoms with van der Waals surface area (Å²) in [4.78, 5) is 4.57. The highest BCUT2D eigenvalue weighted by molar-refractivity contribution is 7.09. The van der Waals surface area contributed by atoms with Gasteiger partial charge in [0.1, 0.15) is 17.4 Å². The third kappa shape index (κ3) is 5.46. The van der Waals surface area contributed by atoms with E-state index in [1.54, 1.807) is 18.4 Å². The van der Waals surface area contributed by atoms with E-state index < -0.39 is 0 Å². The number of nitrogens with zero attached hydrogens (tertiary/aromatic N) is 1. The first-order chi connectivity index (χ1) is 10.3. The van der Waals surface area contributed by atoms with Gasteiger partial charge in [-0.15, -0.1) is 11.3 Å². The van der Waals surface area contributed by atoms with Gasteiger partial charge in [-0.05, 0) is 31.5 Å².